The summed E-state index contributed by atoms with van der Waals surface area (Å²) in [4.78, 5) is 23.5. The number of hydrogen-bond acceptors (Lipinski definition) is 2. The first kappa shape index (κ1) is 17.9. The summed E-state index contributed by atoms with van der Waals surface area (Å²) < 4.78 is 0. The highest BCUT2D eigenvalue weighted by atomic mass is 16.1. The molecule has 0 unspecified atom stereocenters. The molecule has 0 saturated carbocycles. The second-order valence-corrected chi connectivity index (χ2v) is 6.29. The number of ketones is 1. The summed E-state index contributed by atoms with van der Waals surface area (Å²) in [5.41, 5.74) is 5.10. The summed E-state index contributed by atoms with van der Waals surface area (Å²) in [6.45, 7) is 5.98. The molecule has 0 fully saturated rings. The lowest BCUT2D eigenvalue weighted by Crippen LogP contribution is -2.03. The van der Waals surface area contributed by atoms with Crippen molar-refractivity contribution >= 4 is 12.1 Å². The summed E-state index contributed by atoms with van der Waals surface area (Å²) in [5, 5.41) is 0. The van der Waals surface area contributed by atoms with Crippen molar-refractivity contribution in [3.05, 3.63) is 82.4 Å². The second-order valence-electron chi connectivity index (χ2n) is 6.29. The maximum absolute atomic E-state index is 12.5. The minimum absolute atomic E-state index is 0.0305. The number of rotatable bonds is 7. The Morgan fingerprint density at radius 1 is 1.00 bits per heavy atom. The Bertz CT molecular complexity index is 719. The largest absolute Gasteiger partial charge is 0.303 e. The Kier molecular flexibility index (Phi) is 6.25. The van der Waals surface area contributed by atoms with Gasteiger partial charge in [0.25, 0.3) is 0 Å². The third-order valence-electron chi connectivity index (χ3n) is 4.26. The zero-order valence-electron chi connectivity index (χ0n) is 14.6. The second kappa shape index (κ2) is 8.39. The molecule has 1 atom stereocenters. The summed E-state index contributed by atoms with van der Waals surface area (Å²) in [7, 11) is 0. The van der Waals surface area contributed by atoms with E-state index in [0.717, 1.165) is 28.5 Å². The van der Waals surface area contributed by atoms with Gasteiger partial charge in [0.05, 0.1) is 0 Å². The lowest BCUT2D eigenvalue weighted by Gasteiger charge is -2.12. The molecule has 0 bridgehead atoms. The summed E-state index contributed by atoms with van der Waals surface area (Å²) in [5.74, 6) is 0.149. The fraction of sp³-hybridized carbons (Fsp3) is 0.273. The van der Waals surface area contributed by atoms with Crippen LogP contribution in [-0.4, -0.2) is 12.1 Å². The van der Waals surface area contributed by atoms with E-state index in [1.165, 1.54) is 5.56 Å². The molecule has 124 valence electrons. The van der Waals surface area contributed by atoms with E-state index in [0.29, 0.717) is 12.8 Å². The van der Waals surface area contributed by atoms with Gasteiger partial charge in [-0.3, -0.25) is 4.79 Å². The molecular formula is C22H24O2. The average Bonchev–Trinajstić information content (AvgIpc) is 2.54. The number of benzene rings is 2. The van der Waals surface area contributed by atoms with Gasteiger partial charge in [-0.25, -0.2) is 0 Å². The molecule has 0 amide bonds. The van der Waals surface area contributed by atoms with E-state index >= 15 is 0 Å². The number of carbonyl (C=O) groups excluding carboxylic acids is 2. The van der Waals surface area contributed by atoms with Gasteiger partial charge < -0.3 is 4.79 Å². The van der Waals surface area contributed by atoms with Crippen LogP contribution in [0, 0.1) is 20.8 Å². The van der Waals surface area contributed by atoms with Crippen molar-refractivity contribution in [1.29, 1.82) is 0 Å². The van der Waals surface area contributed by atoms with E-state index in [9.17, 15) is 9.59 Å². The van der Waals surface area contributed by atoms with Crippen LogP contribution in [0.15, 0.2) is 54.6 Å². The van der Waals surface area contributed by atoms with Crippen LogP contribution in [0.4, 0.5) is 0 Å². The quantitative estimate of drug-likeness (QED) is 0.403. The van der Waals surface area contributed by atoms with Gasteiger partial charge in [-0.1, -0.05) is 54.1 Å². The van der Waals surface area contributed by atoms with Gasteiger partial charge in [-0.15, -0.1) is 0 Å². The predicted molar refractivity (Wildman–Crippen MR) is 98.6 cm³/mol. The highest BCUT2D eigenvalue weighted by Crippen LogP contribution is 2.23. The maximum atomic E-state index is 12.5. The molecule has 0 aliphatic heterocycles. The van der Waals surface area contributed by atoms with Crippen LogP contribution in [0.1, 0.15) is 51.4 Å². The third kappa shape index (κ3) is 4.51. The summed E-state index contributed by atoms with van der Waals surface area (Å²) >= 11 is 0. The zero-order chi connectivity index (χ0) is 17.5. The van der Waals surface area contributed by atoms with Crippen molar-refractivity contribution in [2.24, 2.45) is 0 Å². The van der Waals surface area contributed by atoms with Crippen LogP contribution in [0.5, 0.6) is 0 Å². The topological polar surface area (TPSA) is 34.1 Å². The fourth-order valence-corrected chi connectivity index (χ4v) is 3.20. The van der Waals surface area contributed by atoms with Gasteiger partial charge >= 0.3 is 0 Å². The molecule has 2 heteroatoms. The van der Waals surface area contributed by atoms with Crippen LogP contribution in [0.25, 0.3) is 0 Å². The first-order chi connectivity index (χ1) is 11.5. The van der Waals surface area contributed by atoms with E-state index in [1.807, 2.05) is 69.3 Å². The Morgan fingerprint density at radius 2 is 1.62 bits per heavy atom. The standard InChI is InChI=1S/C22H24O2/c1-16-14-17(2)22(18(3)15-16)21(24)11-7-10-20(12-13-23)19-8-5-4-6-9-19/h4-9,11,13-15,20H,10,12H2,1-3H3/b11-7+/t20-/m0/s1. The molecule has 2 nitrogen and oxygen atoms in total. The molecule has 0 N–H and O–H groups in total. The first-order valence-electron chi connectivity index (χ1n) is 8.30. The number of carbonyl (C=O) groups is 2. The molecule has 0 aromatic heterocycles. The average molecular weight is 320 g/mol. The molecule has 0 aliphatic rings. The molecule has 0 aliphatic carbocycles. The van der Waals surface area contributed by atoms with Crippen molar-refractivity contribution in [3.63, 3.8) is 0 Å². The van der Waals surface area contributed by atoms with Crippen molar-refractivity contribution in [2.45, 2.75) is 39.5 Å². The van der Waals surface area contributed by atoms with Gasteiger partial charge in [0.15, 0.2) is 5.78 Å². The number of allylic oxidation sites excluding steroid dienone is 2. The Balaban J connectivity index is 2.12. The number of aryl methyl sites for hydroxylation is 3. The molecule has 0 spiro atoms. The van der Waals surface area contributed by atoms with Crippen LogP contribution < -0.4 is 0 Å². The highest BCUT2D eigenvalue weighted by Gasteiger charge is 2.12. The smallest absolute Gasteiger partial charge is 0.186 e. The van der Waals surface area contributed by atoms with E-state index in [4.69, 9.17) is 0 Å². The van der Waals surface area contributed by atoms with E-state index in [2.05, 4.69) is 0 Å². The zero-order valence-corrected chi connectivity index (χ0v) is 14.6. The third-order valence-corrected chi connectivity index (χ3v) is 4.26. The molecular weight excluding hydrogens is 296 g/mol. The normalized spacial score (nSPS) is 12.3. The fourth-order valence-electron chi connectivity index (χ4n) is 3.20. The Labute approximate surface area is 144 Å². The number of aldehydes is 1. The minimum Gasteiger partial charge on any atom is -0.303 e. The lowest BCUT2D eigenvalue weighted by molar-refractivity contribution is -0.108. The van der Waals surface area contributed by atoms with Gasteiger partial charge in [-0.05, 0) is 55.9 Å². The van der Waals surface area contributed by atoms with E-state index in [-0.39, 0.29) is 11.7 Å². The first-order valence-corrected chi connectivity index (χ1v) is 8.30. The van der Waals surface area contributed by atoms with Crippen LogP contribution in [0.3, 0.4) is 0 Å². The molecule has 0 radical (unpaired) electrons. The predicted octanol–water partition coefficient (Wildman–Crippen LogP) is 5.11. The highest BCUT2D eigenvalue weighted by molar-refractivity contribution is 6.06. The molecule has 0 saturated heterocycles. The summed E-state index contributed by atoms with van der Waals surface area (Å²) in [6.07, 6.45) is 5.62. The summed E-state index contributed by atoms with van der Waals surface area (Å²) in [6, 6.07) is 14.0. The van der Waals surface area contributed by atoms with Crippen molar-refractivity contribution in [3.8, 4) is 0 Å². The number of hydrogen-bond donors (Lipinski definition) is 0. The Morgan fingerprint density at radius 3 is 2.21 bits per heavy atom. The van der Waals surface area contributed by atoms with Crippen molar-refractivity contribution in [1.82, 2.24) is 0 Å². The SMILES string of the molecule is Cc1cc(C)c(C(=O)/C=C/C[C@@H](CC=O)c2ccccc2)c(C)c1. The van der Waals surface area contributed by atoms with Gasteiger partial charge in [0.2, 0.25) is 0 Å². The van der Waals surface area contributed by atoms with Crippen LogP contribution in [-0.2, 0) is 4.79 Å². The molecule has 2 aromatic rings. The van der Waals surface area contributed by atoms with Gasteiger partial charge in [0.1, 0.15) is 6.29 Å². The van der Waals surface area contributed by atoms with Crippen molar-refractivity contribution in [2.75, 3.05) is 0 Å². The van der Waals surface area contributed by atoms with Gasteiger partial charge in [-0.2, -0.15) is 0 Å². The minimum atomic E-state index is 0.0305. The molecule has 0 heterocycles. The van der Waals surface area contributed by atoms with Crippen LogP contribution >= 0.6 is 0 Å². The lowest BCUT2D eigenvalue weighted by atomic mass is 9.92. The maximum Gasteiger partial charge on any atom is 0.186 e. The van der Waals surface area contributed by atoms with E-state index < -0.39 is 0 Å². The monoisotopic (exact) mass is 320 g/mol. The molecule has 2 aromatic carbocycles. The molecule has 2 rings (SSSR count). The Hall–Kier alpha value is -2.48. The molecule has 24 heavy (non-hydrogen) atoms. The van der Waals surface area contributed by atoms with Gasteiger partial charge in [0, 0.05) is 12.0 Å². The van der Waals surface area contributed by atoms with E-state index in [1.54, 1.807) is 6.08 Å². The van der Waals surface area contributed by atoms with Crippen molar-refractivity contribution < 1.29 is 9.59 Å². The van der Waals surface area contributed by atoms with Crippen LogP contribution in [0.2, 0.25) is 0 Å².